The zero-order valence-electron chi connectivity index (χ0n) is 15.7. The molecule has 2 heterocycles. The van der Waals surface area contributed by atoms with Crippen molar-refractivity contribution in [2.45, 2.75) is 56.5 Å². The summed E-state index contributed by atoms with van der Waals surface area (Å²) in [7, 11) is 0. The maximum Gasteiger partial charge on any atom is 0.267 e. The average Bonchev–Trinajstić information content (AvgIpc) is 3.45. The molecule has 2 saturated carbocycles. The Labute approximate surface area is 163 Å². The summed E-state index contributed by atoms with van der Waals surface area (Å²) in [6, 6.07) is 11.5. The van der Waals surface area contributed by atoms with Crippen LogP contribution in [0.1, 0.15) is 66.5 Å². The quantitative estimate of drug-likeness (QED) is 0.731. The first-order chi connectivity index (χ1) is 13.7. The van der Waals surface area contributed by atoms with Crippen LogP contribution in [0.25, 0.3) is 10.9 Å². The van der Waals surface area contributed by atoms with Crippen LogP contribution in [0.15, 0.2) is 47.4 Å². The van der Waals surface area contributed by atoms with E-state index in [4.69, 9.17) is 0 Å². The lowest BCUT2D eigenvalue weighted by atomic mass is 9.91. The molecule has 2 aliphatic carbocycles. The van der Waals surface area contributed by atoms with Gasteiger partial charge >= 0.3 is 0 Å². The number of nitrogens with zero attached hydrogens (tertiary/aromatic N) is 2. The van der Waals surface area contributed by atoms with Gasteiger partial charge in [-0.25, -0.2) is 4.68 Å². The highest BCUT2D eigenvalue weighted by atomic mass is 16.1. The summed E-state index contributed by atoms with van der Waals surface area (Å²) in [6.45, 7) is 0. The van der Waals surface area contributed by atoms with Crippen molar-refractivity contribution in [2.24, 2.45) is 0 Å². The molecule has 3 aromatic rings. The monoisotopic (exact) mass is 376 g/mol. The van der Waals surface area contributed by atoms with Crippen LogP contribution in [0.2, 0.25) is 0 Å². The van der Waals surface area contributed by atoms with Gasteiger partial charge in [0.15, 0.2) is 0 Å². The van der Waals surface area contributed by atoms with Gasteiger partial charge in [0.05, 0.1) is 11.7 Å². The SMILES string of the molecule is O=C(NC1CCC(n2nc(C3CC3)ccc2=O)CC1)c1cccc2[nH]ccc12. The summed E-state index contributed by atoms with van der Waals surface area (Å²) in [6.07, 6.45) is 7.66. The molecule has 5 rings (SSSR count). The van der Waals surface area contributed by atoms with Crippen LogP contribution in [0, 0.1) is 0 Å². The minimum Gasteiger partial charge on any atom is -0.361 e. The molecule has 6 nitrogen and oxygen atoms in total. The minimum absolute atomic E-state index is 0.0176. The first-order valence-electron chi connectivity index (χ1n) is 10.2. The van der Waals surface area contributed by atoms with Crippen molar-refractivity contribution in [2.75, 3.05) is 0 Å². The fraction of sp³-hybridized carbons (Fsp3) is 0.409. The van der Waals surface area contributed by atoms with Crippen LogP contribution < -0.4 is 10.9 Å². The summed E-state index contributed by atoms with van der Waals surface area (Å²) < 4.78 is 1.69. The Hall–Kier alpha value is -2.89. The number of nitrogens with one attached hydrogen (secondary N) is 2. The van der Waals surface area contributed by atoms with Crippen molar-refractivity contribution in [1.29, 1.82) is 0 Å². The normalized spacial score (nSPS) is 22.3. The van der Waals surface area contributed by atoms with E-state index in [1.165, 1.54) is 12.8 Å². The molecular formula is C22H24N4O2. The first-order valence-corrected chi connectivity index (χ1v) is 10.2. The lowest BCUT2D eigenvalue weighted by Gasteiger charge is -2.29. The van der Waals surface area contributed by atoms with E-state index in [1.54, 1.807) is 10.7 Å². The lowest BCUT2D eigenvalue weighted by Crippen LogP contribution is -2.39. The van der Waals surface area contributed by atoms with Crippen LogP contribution in [0.3, 0.4) is 0 Å². The molecule has 2 N–H and O–H groups in total. The van der Waals surface area contributed by atoms with Gasteiger partial charge in [0.1, 0.15) is 0 Å². The summed E-state index contributed by atoms with van der Waals surface area (Å²) in [5, 5.41) is 8.76. The van der Waals surface area contributed by atoms with E-state index in [1.807, 2.05) is 36.5 Å². The van der Waals surface area contributed by atoms with Gasteiger partial charge in [-0.15, -0.1) is 0 Å². The highest BCUT2D eigenvalue weighted by Crippen LogP contribution is 2.38. The third-order valence-electron chi connectivity index (χ3n) is 6.06. The van der Waals surface area contributed by atoms with Crippen LogP contribution in [0.5, 0.6) is 0 Å². The number of fused-ring (bicyclic) bond motifs is 1. The standard InChI is InChI=1S/C22H24N4O2/c27-21-11-10-19(14-4-5-14)25-26(21)16-8-6-15(7-9-16)24-22(28)18-2-1-3-20-17(18)12-13-23-20/h1-3,10-16,23H,4-9H2,(H,24,28). The molecule has 6 heteroatoms. The smallest absolute Gasteiger partial charge is 0.267 e. The van der Waals surface area contributed by atoms with Gasteiger partial charge in [0, 0.05) is 40.7 Å². The third kappa shape index (κ3) is 3.23. The maximum absolute atomic E-state index is 12.8. The number of carbonyl (C=O) groups is 1. The number of H-pyrrole nitrogens is 1. The van der Waals surface area contributed by atoms with Gasteiger partial charge in [-0.2, -0.15) is 5.10 Å². The number of hydrogen-bond donors (Lipinski definition) is 2. The second kappa shape index (κ2) is 6.93. The predicted octanol–water partition coefficient (Wildman–Crippen LogP) is 3.52. The Kier molecular flexibility index (Phi) is 4.26. The Morgan fingerprint density at radius 2 is 1.86 bits per heavy atom. The topological polar surface area (TPSA) is 79.8 Å². The van der Waals surface area contributed by atoms with Crippen molar-refractivity contribution >= 4 is 16.8 Å². The molecule has 0 aliphatic heterocycles. The largest absolute Gasteiger partial charge is 0.361 e. The summed E-state index contributed by atoms with van der Waals surface area (Å²) in [5.74, 6) is 0.512. The van der Waals surface area contributed by atoms with Crippen LogP contribution >= 0.6 is 0 Å². The molecule has 0 unspecified atom stereocenters. The zero-order valence-corrected chi connectivity index (χ0v) is 15.7. The lowest BCUT2D eigenvalue weighted by molar-refractivity contribution is 0.0923. The molecule has 2 fully saturated rings. The number of hydrogen-bond acceptors (Lipinski definition) is 3. The molecule has 144 valence electrons. The van der Waals surface area contributed by atoms with Crippen molar-refractivity contribution in [3.63, 3.8) is 0 Å². The van der Waals surface area contributed by atoms with E-state index < -0.39 is 0 Å². The van der Waals surface area contributed by atoms with Crippen molar-refractivity contribution in [3.05, 3.63) is 64.2 Å². The minimum atomic E-state index is -0.0281. The van der Waals surface area contributed by atoms with Gasteiger partial charge in [0.25, 0.3) is 11.5 Å². The van der Waals surface area contributed by atoms with Gasteiger partial charge < -0.3 is 10.3 Å². The van der Waals surface area contributed by atoms with Gasteiger partial charge in [-0.05, 0) is 62.8 Å². The molecule has 2 aromatic heterocycles. The van der Waals surface area contributed by atoms with E-state index in [0.29, 0.717) is 11.5 Å². The fourth-order valence-corrected chi connectivity index (χ4v) is 4.31. The van der Waals surface area contributed by atoms with E-state index >= 15 is 0 Å². The molecule has 0 spiro atoms. The Bertz CT molecular complexity index is 1070. The molecule has 0 bridgehead atoms. The molecule has 0 radical (unpaired) electrons. The molecule has 1 aromatic carbocycles. The molecular weight excluding hydrogens is 352 g/mol. The Morgan fingerprint density at radius 1 is 1.04 bits per heavy atom. The molecule has 1 amide bonds. The van der Waals surface area contributed by atoms with Crippen molar-refractivity contribution < 1.29 is 4.79 Å². The van der Waals surface area contributed by atoms with Gasteiger partial charge in [0.2, 0.25) is 0 Å². The summed E-state index contributed by atoms with van der Waals surface area (Å²) in [4.78, 5) is 28.2. The highest BCUT2D eigenvalue weighted by molar-refractivity contribution is 6.06. The van der Waals surface area contributed by atoms with E-state index in [2.05, 4.69) is 15.4 Å². The zero-order chi connectivity index (χ0) is 19.1. The van der Waals surface area contributed by atoms with Crippen molar-refractivity contribution in [3.8, 4) is 0 Å². The third-order valence-corrected chi connectivity index (χ3v) is 6.06. The second-order valence-electron chi connectivity index (χ2n) is 8.04. The van der Waals surface area contributed by atoms with E-state index in [0.717, 1.165) is 42.3 Å². The van der Waals surface area contributed by atoms with Gasteiger partial charge in [-0.3, -0.25) is 9.59 Å². The maximum atomic E-state index is 12.8. The van der Waals surface area contributed by atoms with E-state index in [-0.39, 0.29) is 23.6 Å². The number of amides is 1. The predicted molar refractivity (Wildman–Crippen MR) is 108 cm³/mol. The van der Waals surface area contributed by atoms with E-state index in [9.17, 15) is 9.59 Å². The second-order valence-corrected chi connectivity index (χ2v) is 8.04. The number of aromatic nitrogens is 3. The molecule has 0 atom stereocenters. The number of rotatable bonds is 4. The number of benzene rings is 1. The van der Waals surface area contributed by atoms with Crippen LogP contribution in [-0.2, 0) is 0 Å². The first kappa shape index (κ1) is 17.2. The van der Waals surface area contributed by atoms with Crippen LogP contribution in [-0.4, -0.2) is 26.7 Å². The highest BCUT2D eigenvalue weighted by Gasteiger charge is 2.28. The summed E-state index contributed by atoms with van der Waals surface area (Å²) >= 11 is 0. The fourth-order valence-electron chi connectivity index (χ4n) is 4.31. The molecule has 2 aliphatic rings. The average molecular weight is 376 g/mol. The number of carbonyl (C=O) groups excluding carboxylic acids is 1. The Morgan fingerprint density at radius 3 is 2.64 bits per heavy atom. The summed E-state index contributed by atoms with van der Waals surface area (Å²) in [5.41, 5.74) is 2.71. The molecule has 0 saturated heterocycles. The van der Waals surface area contributed by atoms with Crippen LogP contribution in [0.4, 0.5) is 0 Å². The molecule has 28 heavy (non-hydrogen) atoms. The Balaban J connectivity index is 1.25. The van der Waals surface area contributed by atoms with Gasteiger partial charge in [-0.1, -0.05) is 6.07 Å². The number of aromatic amines is 1. The van der Waals surface area contributed by atoms with Crippen molar-refractivity contribution in [1.82, 2.24) is 20.1 Å².